The van der Waals surface area contributed by atoms with E-state index in [1.807, 2.05) is 6.92 Å². The van der Waals surface area contributed by atoms with Crippen molar-refractivity contribution in [1.82, 2.24) is 24.8 Å². The molecule has 3 atom stereocenters. The number of pyridine rings is 1. The molecule has 2 aliphatic heterocycles. The first-order valence-electron chi connectivity index (χ1n) is 11.9. The first-order chi connectivity index (χ1) is 16.2. The molecule has 4 heterocycles. The predicted molar refractivity (Wildman–Crippen MR) is 126 cm³/mol. The van der Waals surface area contributed by atoms with Crippen LogP contribution in [0.1, 0.15) is 48.7 Å². The van der Waals surface area contributed by atoms with E-state index in [1.54, 1.807) is 16.7 Å². The molecule has 1 spiro atoms. The van der Waals surface area contributed by atoms with Gasteiger partial charge in [-0.1, -0.05) is 6.92 Å². The Kier molecular flexibility index (Phi) is 4.45. The molecule has 10 heteroatoms. The number of amides is 2. The molecular weight excluding hydrogens is 434 g/mol. The van der Waals surface area contributed by atoms with E-state index >= 15 is 0 Å². The molecule has 2 aromatic rings. The lowest BCUT2D eigenvalue weighted by atomic mass is 9.83. The highest BCUT2D eigenvalue weighted by atomic mass is 16.2. The van der Waals surface area contributed by atoms with Crippen molar-refractivity contribution < 1.29 is 9.59 Å². The van der Waals surface area contributed by atoms with Gasteiger partial charge < -0.3 is 20.9 Å². The first kappa shape index (κ1) is 21.3. The average molecular weight is 464 g/mol. The maximum Gasteiger partial charge on any atom is 0.276 e. The Morgan fingerprint density at radius 2 is 1.97 bits per heavy atom. The normalized spacial score (nSPS) is 29.7. The van der Waals surface area contributed by atoms with Crippen LogP contribution in [0, 0.1) is 24.2 Å². The van der Waals surface area contributed by atoms with Gasteiger partial charge in [0.1, 0.15) is 35.0 Å². The lowest BCUT2D eigenvalue weighted by molar-refractivity contribution is -0.117. The number of carbonyl (C=O) groups is 2. The third kappa shape index (κ3) is 3.23. The number of fused-ring (bicyclic) bond motifs is 3. The average Bonchev–Trinajstić information content (AvgIpc) is 3.46. The van der Waals surface area contributed by atoms with Crippen LogP contribution in [-0.4, -0.2) is 51.4 Å². The number of aryl methyl sites for hydroxylation is 1. The highest BCUT2D eigenvalue weighted by Gasteiger charge is 2.60. The Morgan fingerprint density at radius 1 is 1.21 bits per heavy atom. The molecule has 2 aromatic heterocycles. The van der Waals surface area contributed by atoms with Crippen LogP contribution in [0.4, 0.5) is 17.3 Å². The second-order valence-corrected chi connectivity index (χ2v) is 10.8. The summed E-state index contributed by atoms with van der Waals surface area (Å²) >= 11 is 0. The fourth-order valence-electron chi connectivity index (χ4n) is 6.39. The molecule has 178 valence electrons. The molecule has 6 rings (SSSR count). The number of hydrogen-bond acceptors (Lipinski definition) is 7. The number of carbonyl (C=O) groups excluding carboxylic acids is 2. The number of aromatic nitrogens is 3. The summed E-state index contributed by atoms with van der Waals surface area (Å²) in [6.07, 6.45) is 4.61. The van der Waals surface area contributed by atoms with Gasteiger partial charge in [0, 0.05) is 25.1 Å². The Bertz CT molecular complexity index is 1290. The van der Waals surface area contributed by atoms with E-state index in [4.69, 9.17) is 0 Å². The van der Waals surface area contributed by atoms with Crippen LogP contribution in [0.5, 0.6) is 0 Å². The topological polar surface area (TPSA) is 121 Å². The van der Waals surface area contributed by atoms with E-state index < -0.39 is 5.66 Å². The van der Waals surface area contributed by atoms with Gasteiger partial charge in [0.05, 0.1) is 0 Å². The van der Waals surface area contributed by atoms with E-state index in [0.29, 0.717) is 28.9 Å². The molecule has 3 fully saturated rings. The molecule has 3 N–H and O–H groups in total. The summed E-state index contributed by atoms with van der Waals surface area (Å²) in [5.74, 6) is 1.03. The van der Waals surface area contributed by atoms with E-state index in [2.05, 4.69) is 44.8 Å². The molecule has 10 nitrogen and oxygen atoms in total. The number of nitrogens with one attached hydrogen (secondary N) is 3. The van der Waals surface area contributed by atoms with Crippen LogP contribution in [0.25, 0.3) is 0 Å². The molecule has 0 bridgehead atoms. The van der Waals surface area contributed by atoms with E-state index in [9.17, 15) is 14.4 Å². The van der Waals surface area contributed by atoms with Crippen molar-refractivity contribution in [2.45, 2.75) is 45.2 Å². The minimum absolute atomic E-state index is 0.0434. The zero-order chi connectivity index (χ0) is 23.8. The summed E-state index contributed by atoms with van der Waals surface area (Å²) in [7, 11) is 2.12. The summed E-state index contributed by atoms with van der Waals surface area (Å²) in [5.41, 5.74) is 0.594. The number of rotatable bonds is 4. The Morgan fingerprint density at radius 3 is 2.71 bits per heavy atom. The fourth-order valence-corrected chi connectivity index (χ4v) is 6.39. The minimum atomic E-state index is -0.707. The van der Waals surface area contributed by atoms with Gasteiger partial charge in [-0.3, -0.25) is 19.0 Å². The lowest BCUT2D eigenvalue weighted by Crippen LogP contribution is -2.47. The Hall–Kier alpha value is -3.27. The summed E-state index contributed by atoms with van der Waals surface area (Å²) < 4.78 is 1.69. The zero-order valence-corrected chi connectivity index (χ0v) is 19.6. The maximum atomic E-state index is 13.8. The van der Waals surface area contributed by atoms with Gasteiger partial charge in [0.15, 0.2) is 0 Å². The number of hydrogen-bond donors (Lipinski definition) is 3. The zero-order valence-electron chi connectivity index (χ0n) is 19.6. The van der Waals surface area contributed by atoms with Crippen molar-refractivity contribution >= 4 is 29.1 Å². The lowest BCUT2D eigenvalue weighted by Gasteiger charge is -2.31. The second-order valence-electron chi connectivity index (χ2n) is 10.8. The molecule has 2 saturated carbocycles. The number of likely N-dealkylation sites (tertiary alicyclic amines) is 1. The summed E-state index contributed by atoms with van der Waals surface area (Å²) in [4.78, 5) is 49.5. The third-order valence-electron chi connectivity index (χ3n) is 7.94. The molecule has 0 radical (unpaired) electrons. The van der Waals surface area contributed by atoms with Gasteiger partial charge in [0.2, 0.25) is 5.91 Å². The summed E-state index contributed by atoms with van der Waals surface area (Å²) in [6.45, 7) is 6.03. The van der Waals surface area contributed by atoms with Crippen LogP contribution >= 0.6 is 0 Å². The maximum absolute atomic E-state index is 13.8. The van der Waals surface area contributed by atoms with Crippen LogP contribution in [0.15, 0.2) is 23.3 Å². The van der Waals surface area contributed by atoms with Gasteiger partial charge in [-0.05, 0) is 62.6 Å². The predicted octanol–water partition coefficient (Wildman–Crippen LogP) is 1.80. The van der Waals surface area contributed by atoms with Crippen molar-refractivity contribution in [3.05, 3.63) is 40.1 Å². The van der Waals surface area contributed by atoms with Crippen LogP contribution in [0.3, 0.4) is 0 Å². The minimum Gasteiger partial charge on any atom is -0.336 e. The van der Waals surface area contributed by atoms with Crippen molar-refractivity contribution in [3.63, 3.8) is 0 Å². The molecule has 2 amide bonds. The van der Waals surface area contributed by atoms with Gasteiger partial charge >= 0.3 is 0 Å². The van der Waals surface area contributed by atoms with Gasteiger partial charge in [0.25, 0.3) is 11.5 Å². The van der Waals surface area contributed by atoms with Crippen molar-refractivity contribution in [1.29, 1.82) is 0 Å². The molecule has 0 aromatic carbocycles. The second kappa shape index (κ2) is 7.11. The van der Waals surface area contributed by atoms with E-state index in [-0.39, 0.29) is 28.7 Å². The van der Waals surface area contributed by atoms with Crippen molar-refractivity contribution in [3.8, 4) is 0 Å². The Labute approximate surface area is 197 Å². The highest BCUT2D eigenvalue weighted by molar-refractivity contribution is 5.97. The SMILES string of the molecule is Cc1cc(Nc2cc(NC(=O)C3CC3)ncn2)c(=O)n2c1C(=O)NC21C[C@H]2CN(C)C[C@@]2(C)C1. The molecule has 2 aliphatic carbocycles. The van der Waals surface area contributed by atoms with Crippen LogP contribution in [0.2, 0.25) is 0 Å². The summed E-state index contributed by atoms with van der Waals surface area (Å²) in [5, 5.41) is 9.10. The standard InChI is InChI=1S/C24H29N7O3/c1-13-6-16(27-17-7-18(26-12-25-17)28-20(32)14-4-5-14)22(34)31-19(13)21(33)29-24(31)8-15-9-30(3)11-23(15,2)10-24/h6-7,12,14-15H,4-5,8-11H2,1-3H3,(H,29,33)(H2,25,26,27,28,32)/t15-,23+,24?/m0/s1. The monoisotopic (exact) mass is 463 g/mol. The first-order valence-corrected chi connectivity index (χ1v) is 11.9. The largest absolute Gasteiger partial charge is 0.336 e. The van der Waals surface area contributed by atoms with Gasteiger partial charge in [-0.2, -0.15) is 0 Å². The van der Waals surface area contributed by atoms with E-state index in [1.165, 1.54) is 6.33 Å². The highest BCUT2D eigenvalue weighted by Crippen LogP contribution is 2.55. The van der Waals surface area contributed by atoms with E-state index in [0.717, 1.165) is 44.3 Å². The number of anilines is 3. The smallest absolute Gasteiger partial charge is 0.276 e. The van der Waals surface area contributed by atoms with Crippen LogP contribution < -0.4 is 21.5 Å². The summed E-state index contributed by atoms with van der Waals surface area (Å²) in [6, 6.07) is 3.31. The fraction of sp³-hybridized carbons (Fsp3) is 0.542. The van der Waals surface area contributed by atoms with Crippen molar-refractivity contribution in [2.75, 3.05) is 30.8 Å². The molecule has 1 saturated heterocycles. The number of nitrogens with zero attached hydrogens (tertiary/aromatic N) is 4. The van der Waals surface area contributed by atoms with Gasteiger partial charge in [-0.15, -0.1) is 0 Å². The van der Waals surface area contributed by atoms with Crippen LogP contribution in [-0.2, 0) is 10.5 Å². The molecule has 1 unspecified atom stereocenters. The third-order valence-corrected chi connectivity index (χ3v) is 7.94. The molecule has 34 heavy (non-hydrogen) atoms. The van der Waals surface area contributed by atoms with Crippen molar-refractivity contribution in [2.24, 2.45) is 17.3 Å². The Balaban J connectivity index is 1.35. The quantitative estimate of drug-likeness (QED) is 0.632. The van der Waals surface area contributed by atoms with Gasteiger partial charge in [-0.25, -0.2) is 9.97 Å². The molecule has 4 aliphatic rings. The molecular formula is C24H29N7O3.